The Labute approximate surface area is 99.1 Å². The minimum absolute atomic E-state index is 0.317. The van der Waals surface area contributed by atoms with E-state index in [0.29, 0.717) is 11.3 Å². The average molecular weight is 269 g/mol. The fraction of sp³-hybridized carbons (Fsp3) is 0.444. The highest BCUT2D eigenvalue weighted by atomic mass is 32.1. The molecule has 0 aromatic carbocycles. The lowest BCUT2D eigenvalue weighted by atomic mass is 10.3. The van der Waals surface area contributed by atoms with Gasteiger partial charge in [-0.3, -0.25) is 0 Å². The molecule has 1 rings (SSSR count). The lowest BCUT2D eigenvalue weighted by molar-refractivity contribution is -0.136. The summed E-state index contributed by atoms with van der Waals surface area (Å²) >= 11 is 0.590. The predicted octanol–water partition coefficient (Wildman–Crippen LogP) is 3.27. The summed E-state index contributed by atoms with van der Waals surface area (Å²) < 4.78 is 46.3. The maximum atomic E-state index is 12.4. The molecule has 1 aromatic rings. The molecule has 0 unspecified atom stereocenters. The molecule has 8 heteroatoms. The van der Waals surface area contributed by atoms with E-state index >= 15 is 0 Å². The van der Waals surface area contributed by atoms with Crippen LogP contribution in [0.5, 0.6) is 5.06 Å². The molecular weight excluding hydrogens is 259 g/mol. The number of halogens is 3. The van der Waals surface area contributed by atoms with Gasteiger partial charge in [0.2, 0.25) is 5.06 Å². The number of ether oxygens (including phenoxy) is 2. The Balaban J connectivity index is 2.81. The first kappa shape index (κ1) is 13.6. The van der Waals surface area contributed by atoms with Crippen molar-refractivity contribution in [3.05, 3.63) is 10.9 Å². The van der Waals surface area contributed by atoms with Crippen LogP contribution in [-0.2, 0) is 10.9 Å². The molecular formula is C9H10F3NO3S. The van der Waals surface area contributed by atoms with Crippen LogP contribution in [0.3, 0.4) is 0 Å². The molecule has 0 radical (unpaired) electrons. The summed E-state index contributed by atoms with van der Waals surface area (Å²) in [6.07, 6.45) is -6.07. The second-order valence-corrected chi connectivity index (χ2v) is 4.21. The Morgan fingerprint density at radius 2 is 2.06 bits per heavy atom. The van der Waals surface area contributed by atoms with Gasteiger partial charge in [0.05, 0.1) is 17.4 Å². The Bertz CT molecular complexity index is 414. The molecule has 0 amide bonds. The van der Waals surface area contributed by atoms with Gasteiger partial charge in [0.1, 0.15) is 0 Å². The van der Waals surface area contributed by atoms with Crippen LogP contribution in [0.1, 0.15) is 19.4 Å². The second-order valence-electron chi connectivity index (χ2n) is 3.37. The van der Waals surface area contributed by atoms with Crippen molar-refractivity contribution in [2.75, 3.05) is 5.73 Å². The molecule has 1 aromatic heterocycles. The number of thiophene rings is 1. The molecule has 17 heavy (non-hydrogen) atoms. The van der Waals surface area contributed by atoms with E-state index in [9.17, 15) is 18.0 Å². The molecule has 1 heterocycles. The molecule has 4 nitrogen and oxygen atoms in total. The van der Waals surface area contributed by atoms with Crippen molar-refractivity contribution in [3.8, 4) is 5.06 Å². The van der Waals surface area contributed by atoms with Gasteiger partial charge < -0.3 is 15.2 Å². The van der Waals surface area contributed by atoms with Gasteiger partial charge in [0.25, 0.3) is 0 Å². The third-order valence-corrected chi connectivity index (χ3v) is 2.48. The van der Waals surface area contributed by atoms with Crippen LogP contribution in [0.25, 0.3) is 0 Å². The zero-order chi connectivity index (χ0) is 13.2. The van der Waals surface area contributed by atoms with E-state index in [1.165, 1.54) is 0 Å². The first-order chi connectivity index (χ1) is 7.71. The predicted molar refractivity (Wildman–Crippen MR) is 56.0 cm³/mol. The summed E-state index contributed by atoms with van der Waals surface area (Å²) in [5, 5.41) is 0.468. The van der Waals surface area contributed by atoms with Crippen molar-refractivity contribution in [1.29, 1.82) is 0 Å². The highest BCUT2D eigenvalue weighted by molar-refractivity contribution is 7.12. The maximum absolute atomic E-state index is 12.4. The fourth-order valence-electron chi connectivity index (χ4n) is 0.940. The smallest absolute Gasteiger partial charge is 0.431 e. The highest BCUT2D eigenvalue weighted by Gasteiger charge is 2.36. The Morgan fingerprint density at radius 3 is 2.47 bits per heavy atom. The highest BCUT2D eigenvalue weighted by Crippen LogP contribution is 2.42. The molecule has 0 aliphatic heterocycles. The standard InChI is InChI=1S/C9H10F3NO3S/c1-4(2)15-8(14)16-7-6(13)5(3-17-7)9(10,11)12/h3-4H,13H2,1-2H3. The van der Waals surface area contributed by atoms with Crippen LogP contribution < -0.4 is 10.5 Å². The van der Waals surface area contributed by atoms with Crippen molar-refractivity contribution in [1.82, 2.24) is 0 Å². The number of anilines is 1. The van der Waals surface area contributed by atoms with Gasteiger partial charge in [-0.05, 0) is 13.8 Å². The van der Waals surface area contributed by atoms with E-state index in [1.54, 1.807) is 13.8 Å². The van der Waals surface area contributed by atoms with E-state index in [-0.39, 0.29) is 5.06 Å². The number of nitrogens with two attached hydrogens (primary N) is 1. The monoisotopic (exact) mass is 269 g/mol. The average Bonchev–Trinajstić information content (AvgIpc) is 2.45. The molecule has 0 aliphatic rings. The molecule has 96 valence electrons. The molecule has 0 spiro atoms. The lowest BCUT2D eigenvalue weighted by Crippen LogP contribution is -2.16. The summed E-state index contributed by atoms with van der Waals surface area (Å²) in [5.74, 6) is 0. The molecule has 0 bridgehead atoms. The SMILES string of the molecule is CC(C)OC(=O)Oc1scc(C(F)(F)F)c1N. The first-order valence-corrected chi connectivity index (χ1v) is 5.42. The zero-order valence-electron chi connectivity index (χ0n) is 9.00. The van der Waals surface area contributed by atoms with Crippen LogP contribution in [0.2, 0.25) is 0 Å². The minimum Gasteiger partial charge on any atom is -0.431 e. The van der Waals surface area contributed by atoms with Crippen molar-refractivity contribution in [2.24, 2.45) is 0 Å². The number of hydrogen-bond acceptors (Lipinski definition) is 5. The molecule has 0 fully saturated rings. The van der Waals surface area contributed by atoms with Gasteiger partial charge in [-0.1, -0.05) is 0 Å². The minimum atomic E-state index is -4.57. The van der Waals surface area contributed by atoms with Gasteiger partial charge in [-0.15, -0.1) is 11.3 Å². The van der Waals surface area contributed by atoms with Crippen molar-refractivity contribution < 1.29 is 27.4 Å². The van der Waals surface area contributed by atoms with E-state index in [4.69, 9.17) is 5.73 Å². The van der Waals surface area contributed by atoms with Crippen LogP contribution in [-0.4, -0.2) is 12.3 Å². The van der Waals surface area contributed by atoms with Gasteiger partial charge in [-0.2, -0.15) is 13.2 Å². The fourth-order valence-corrected chi connectivity index (χ4v) is 1.78. The number of carbonyl (C=O) groups is 1. The van der Waals surface area contributed by atoms with E-state index in [1.807, 2.05) is 0 Å². The van der Waals surface area contributed by atoms with Crippen molar-refractivity contribution >= 4 is 23.2 Å². The third-order valence-electron chi connectivity index (χ3n) is 1.61. The molecule has 0 atom stereocenters. The molecule has 2 N–H and O–H groups in total. The second kappa shape index (κ2) is 4.82. The molecule has 0 saturated heterocycles. The Kier molecular flexibility index (Phi) is 3.87. The maximum Gasteiger partial charge on any atom is 0.514 e. The van der Waals surface area contributed by atoms with Gasteiger partial charge >= 0.3 is 12.3 Å². The van der Waals surface area contributed by atoms with Crippen molar-refractivity contribution in [3.63, 3.8) is 0 Å². The van der Waals surface area contributed by atoms with Gasteiger partial charge in [-0.25, -0.2) is 4.79 Å². The largest absolute Gasteiger partial charge is 0.514 e. The first-order valence-electron chi connectivity index (χ1n) is 4.54. The van der Waals surface area contributed by atoms with E-state index in [0.717, 1.165) is 5.38 Å². The number of carbonyl (C=O) groups excluding carboxylic acids is 1. The summed E-state index contributed by atoms with van der Waals surface area (Å²) in [7, 11) is 0. The normalized spacial score (nSPS) is 11.6. The molecule has 0 saturated carbocycles. The number of hydrogen-bond donors (Lipinski definition) is 1. The quantitative estimate of drug-likeness (QED) is 0.837. The molecule has 0 aliphatic carbocycles. The van der Waals surface area contributed by atoms with Crippen LogP contribution in [0, 0.1) is 0 Å². The van der Waals surface area contributed by atoms with Crippen LogP contribution in [0.4, 0.5) is 23.7 Å². The van der Waals surface area contributed by atoms with Crippen LogP contribution >= 0.6 is 11.3 Å². The zero-order valence-corrected chi connectivity index (χ0v) is 9.82. The number of nitrogen functional groups attached to an aromatic ring is 1. The number of alkyl halides is 3. The van der Waals surface area contributed by atoms with Crippen LogP contribution in [0.15, 0.2) is 5.38 Å². The Morgan fingerprint density at radius 1 is 1.47 bits per heavy atom. The van der Waals surface area contributed by atoms with Gasteiger partial charge in [0, 0.05) is 5.38 Å². The van der Waals surface area contributed by atoms with Gasteiger partial charge in [0.15, 0.2) is 0 Å². The number of rotatable bonds is 2. The third kappa shape index (κ3) is 3.52. The summed E-state index contributed by atoms with van der Waals surface area (Å²) in [6.45, 7) is 3.17. The summed E-state index contributed by atoms with van der Waals surface area (Å²) in [5.41, 5.74) is 3.60. The van der Waals surface area contributed by atoms with E-state index < -0.39 is 29.7 Å². The topological polar surface area (TPSA) is 61.5 Å². The lowest BCUT2D eigenvalue weighted by Gasteiger charge is -2.08. The van der Waals surface area contributed by atoms with E-state index in [2.05, 4.69) is 9.47 Å². The summed E-state index contributed by atoms with van der Waals surface area (Å²) in [6, 6.07) is 0. The van der Waals surface area contributed by atoms with Crippen molar-refractivity contribution in [2.45, 2.75) is 26.1 Å². The summed E-state index contributed by atoms with van der Waals surface area (Å²) in [4.78, 5) is 11.1. The Hall–Kier alpha value is -1.44.